The molecule has 1 amide bonds. The molecule has 3 aromatic rings. The predicted octanol–water partition coefficient (Wildman–Crippen LogP) is 7.04. The zero-order valence-corrected chi connectivity index (χ0v) is 18.3. The average molecular weight is 516 g/mol. The number of thioether (sulfide) groups is 1. The van der Waals surface area contributed by atoms with E-state index >= 15 is 0 Å². The highest BCUT2D eigenvalue weighted by Crippen LogP contribution is 2.38. The second-order valence-electron chi connectivity index (χ2n) is 6.74. The summed E-state index contributed by atoms with van der Waals surface area (Å²) in [7, 11) is 0. The number of carbonyl (C=O) groups is 1. The third-order valence-electron chi connectivity index (χ3n) is 4.38. The topological polar surface area (TPSA) is 65.8 Å². The van der Waals surface area contributed by atoms with Crippen LogP contribution in [0, 0.1) is 11.3 Å². The summed E-state index contributed by atoms with van der Waals surface area (Å²) in [5.74, 6) is -1.39. The van der Waals surface area contributed by atoms with Crippen LogP contribution in [0.3, 0.4) is 0 Å². The van der Waals surface area contributed by atoms with Crippen molar-refractivity contribution in [2.24, 2.45) is 0 Å². The maximum Gasteiger partial charge on any atom is 0.417 e. The van der Waals surface area contributed by atoms with Gasteiger partial charge in [-0.25, -0.2) is 4.98 Å². The molecule has 0 fully saturated rings. The largest absolute Gasteiger partial charge is 0.417 e. The van der Waals surface area contributed by atoms with Crippen molar-refractivity contribution in [2.45, 2.75) is 17.4 Å². The van der Waals surface area contributed by atoms with Gasteiger partial charge >= 0.3 is 12.4 Å². The number of alkyl halides is 6. The molecule has 0 aliphatic carbocycles. The number of benzene rings is 2. The smallest absolute Gasteiger partial charge is 0.324 e. The maximum atomic E-state index is 13.6. The molecule has 0 saturated carbocycles. The molecular weight excluding hydrogens is 504 g/mol. The Kier molecular flexibility index (Phi) is 7.43. The van der Waals surface area contributed by atoms with Gasteiger partial charge in [0.05, 0.1) is 38.8 Å². The number of pyridine rings is 1. The molecule has 0 unspecified atom stereocenters. The zero-order chi connectivity index (χ0) is 25.1. The Bertz CT molecular complexity index is 1260. The molecule has 2 aromatic carbocycles. The van der Waals surface area contributed by atoms with Crippen molar-refractivity contribution in [3.63, 3.8) is 0 Å². The van der Waals surface area contributed by atoms with E-state index in [2.05, 4.69) is 10.3 Å². The predicted molar refractivity (Wildman–Crippen MR) is 115 cm³/mol. The lowest BCUT2D eigenvalue weighted by Crippen LogP contribution is -2.16. The fraction of sp³-hybridized carbons (Fsp3) is 0.136. The van der Waals surface area contributed by atoms with E-state index in [1.807, 2.05) is 0 Å². The molecule has 0 atom stereocenters. The summed E-state index contributed by atoms with van der Waals surface area (Å²) in [5.41, 5.74) is -3.03. The number of anilines is 1. The van der Waals surface area contributed by atoms with E-state index in [0.717, 1.165) is 18.2 Å². The molecule has 0 spiro atoms. The van der Waals surface area contributed by atoms with Gasteiger partial charge in [-0.3, -0.25) is 4.79 Å². The van der Waals surface area contributed by atoms with Crippen LogP contribution >= 0.6 is 23.4 Å². The monoisotopic (exact) mass is 515 g/mol. The molecule has 3 rings (SSSR count). The summed E-state index contributed by atoms with van der Waals surface area (Å²) in [6.07, 6.45) is -9.53. The summed E-state index contributed by atoms with van der Waals surface area (Å²) in [4.78, 5) is 16.4. The van der Waals surface area contributed by atoms with E-state index in [9.17, 15) is 36.4 Å². The van der Waals surface area contributed by atoms with Crippen LogP contribution in [0.2, 0.25) is 5.02 Å². The number of hydrogen-bond donors (Lipinski definition) is 1. The van der Waals surface area contributed by atoms with Crippen LogP contribution in [-0.2, 0) is 17.1 Å². The summed E-state index contributed by atoms with van der Waals surface area (Å²) in [6, 6.07) is 12.5. The number of nitriles is 1. The van der Waals surface area contributed by atoms with Gasteiger partial charge in [0, 0.05) is 5.56 Å². The first-order valence-corrected chi connectivity index (χ1v) is 10.6. The van der Waals surface area contributed by atoms with Crippen LogP contribution in [0.25, 0.3) is 11.3 Å². The molecule has 12 heteroatoms. The number of carbonyl (C=O) groups excluding carboxylic acids is 1. The Morgan fingerprint density at radius 1 is 1.03 bits per heavy atom. The molecule has 0 aliphatic rings. The number of nitrogens with one attached hydrogen (secondary N) is 1. The van der Waals surface area contributed by atoms with Crippen LogP contribution in [0.5, 0.6) is 0 Å². The second-order valence-corrected chi connectivity index (χ2v) is 8.11. The van der Waals surface area contributed by atoms with Crippen LogP contribution in [-0.4, -0.2) is 16.6 Å². The van der Waals surface area contributed by atoms with Gasteiger partial charge in [0.2, 0.25) is 5.91 Å². The van der Waals surface area contributed by atoms with Gasteiger partial charge in [-0.15, -0.1) is 0 Å². The second kappa shape index (κ2) is 9.95. The first kappa shape index (κ1) is 25.4. The Hall–Kier alpha value is -3.23. The molecule has 1 aromatic heterocycles. The Morgan fingerprint density at radius 3 is 2.29 bits per heavy atom. The highest BCUT2D eigenvalue weighted by Gasteiger charge is 2.36. The number of nitrogens with zero attached hydrogens (tertiary/aromatic N) is 2. The molecule has 0 saturated heterocycles. The van der Waals surface area contributed by atoms with Crippen molar-refractivity contribution < 1.29 is 31.1 Å². The minimum Gasteiger partial charge on any atom is -0.324 e. The minimum absolute atomic E-state index is 0.0595. The standard InChI is InChI=1S/C22H12ClF6N3OS/c23-16-7-6-13(21(24,25)26)8-18(16)31-19(33)11-34-20-14(10-30)15(22(27,28)29)9-17(32-20)12-4-2-1-3-5-12/h1-9H,11H2,(H,31,33). The highest BCUT2D eigenvalue weighted by molar-refractivity contribution is 8.00. The lowest BCUT2D eigenvalue weighted by atomic mass is 10.1. The van der Waals surface area contributed by atoms with Crippen molar-refractivity contribution in [3.05, 3.63) is 76.3 Å². The zero-order valence-electron chi connectivity index (χ0n) is 16.8. The lowest BCUT2D eigenvalue weighted by molar-refractivity contribution is -0.138. The summed E-state index contributed by atoms with van der Waals surface area (Å²) < 4.78 is 79.5. The van der Waals surface area contributed by atoms with Gasteiger partial charge in [0.15, 0.2) is 0 Å². The summed E-state index contributed by atoms with van der Waals surface area (Å²) in [5, 5.41) is 11.0. The van der Waals surface area contributed by atoms with E-state index in [1.54, 1.807) is 18.2 Å². The third-order valence-corrected chi connectivity index (χ3v) is 5.69. The molecule has 0 bridgehead atoms. The number of aromatic nitrogens is 1. The Labute approximate surface area is 198 Å². The van der Waals surface area contributed by atoms with Crippen molar-refractivity contribution in [1.82, 2.24) is 4.98 Å². The third kappa shape index (κ3) is 6.01. The lowest BCUT2D eigenvalue weighted by Gasteiger charge is -2.14. The van der Waals surface area contributed by atoms with E-state index < -0.39 is 40.7 Å². The molecule has 1 heterocycles. The van der Waals surface area contributed by atoms with Crippen LogP contribution < -0.4 is 5.32 Å². The quantitative estimate of drug-likeness (QED) is 0.292. The van der Waals surface area contributed by atoms with Gasteiger partial charge in [-0.2, -0.15) is 31.6 Å². The van der Waals surface area contributed by atoms with Gasteiger partial charge in [-0.05, 0) is 24.3 Å². The van der Waals surface area contributed by atoms with E-state index in [1.165, 1.54) is 18.2 Å². The van der Waals surface area contributed by atoms with Gasteiger partial charge in [0.25, 0.3) is 0 Å². The summed E-state index contributed by atoms with van der Waals surface area (Å²) >= 11 is 6.39. The van der Waals surface area contributed by atoms with E-state index in [4.69, 9.17) is 11.6 Å². The van der Waals surface area contributed by atoms with Crippen LogP contribution in [0.4, 0.5) is 32.0 Å². The molecule has 0 radical (unpaired) electrons. The highest BCUT2D eigenvalue weighted by atomic mass is 35.5. The number of rotatable bonds is 5. The number of halogens is 7. The molecule has 176 valence electrons. The molecular formula is C22H12ClF6N3OS. The van der Waals surface area contributed by atoms with Gasteiger partial charge in [0.1, 0.15) is 11.1 Å². The van der Waals surface area contributed by atoms with E-state index in [0.29, 0.717) is 23.4 Å². The van der Waals surface area contributed by atoms with E-state index in [-0.39, 0.29) is 21.4 Å². The fourth-order valence-electron chi connectivity index (χ4n) is 2.83. The van der Waals surface area contributed by atoms with Crippen LogP contribution in [0.15, 0.2) is 59.6 Å². The van der Waals surface area contributed by atoms with Crippen molar-refractivity contribution in [1.29, 1.82) is 5.26 Å². The first-order valence-electron chi connectivity index (χ1n) is 9.27. The van der Waals surface area contributed by atoms with Crippen LogP contribution in [0.1, 0.15) is 16.7 Å². The summed E-state index contributed by atoms with van der Waals surface area (Å²) in [6.45, 7) is 0. The van der Waals surface area contributed by atoms with Crippen molar-refractivity contribution >= 4 is 35.0 Å². The first-order chi connectivity index (χ1) is 15.9. The Balaban J connectivity index is 1.89. The molecule has 34 heavy (non-hydrogen) atoms. The normalized spacial score (nSPS) is 11.7. The average Bonchev–Trinajstić information content (AvgIpc) is 2.77. The van der Waals surface area contributed by atoms with Gasteiger partial charge in [-0.1, -0.05) is 53.7 Å². The number of amides is 1. The van der Waals surface area contributed by atoms with Gasteiger partial charge < -0.3 is 5.32 Å². The molecule has 1 N–H and O–H groups in total. The fourth-order valence-corrected chi connectivity index (χ4v) is 3.80. The SMILES string of the molecule is N#Cc1c(C(F)(F)F)cc(-c2ccccc2)nc1SCC(=O)Nc1cc(C(F)(F)F)ccc1Cl. The molecule has 4 nitrogen and oxygen atoms in total. The maximum absolute atomic E-state index is 13.6. The minimum atomic E-state index is -4.86. The number of hydrogen-bond acceptors (Lipinski definition) is 4. The van der Waals surface area contributed by atoms with Crippen molar-refractivity contribution in [3.8, 4) is 17.3 Å². The van der Waals surface area contributed by atoms with Crippen molar-refractivity contribution in [2.75, 3.05) is 11.1 Å². The Morgan fingerprint density at radius 2 is 1.71 bits per heavy atom. The molecule has 0 aliphatic heterocycles.